The van der Waals surface area contributed by atoms with Crippen LogP contribution in [-0.4, -0.2) is 15.9 Å². The lowest BCUT2D eigenvalue weighted by molar-refractivity contribution is -0.110. The molecule has 4 nitrogen and oxygen atoms in total. The molecule has 0 atom stereocenters. The fraction of sp³-hybridized carbons (Fsp3) is 0.182. The van der Waals surface area contributed by atoms with Crippen LogP contribution in [0.3, 0.4) is 0 Å². The lowest BCUT2D eigenvalue weighted by Crippen LogP contribution is -2.03. The van der Waals surface area contributed by atoms with Gasteiger partial charge in [0.15, 0.2) is 0 Å². The summed E-state index contributed by atoms with van der Waals surface area (Å²) in [6.07, 6.45) is 7.28. The minimum Gasteiger partial charge on any atom is -0.362 e. The van der Waals surface area contributed by atoms with Gasteiger partial charge in [-0.2, -0.15) is 0 Å². The van der Waals surface area contributed by atoms with Gasteiger partial charge >= 0.3 is 0 Å². The van der Waals surface area contributed by atoms with Crippen LogP contribution in [-0.2, 0) is 4.79 Å². The molecule has 1 aromatic carbocycles. The van der Waals surface area contributed by atoms with Crippen LogP contribution in [0.15, 0.2) is 61.1 Å². The fourth-order valence-electron chi connectivity index (χ4n) is 2.63. The van der Waals surface area contributed by atoms with E-state index in [-0.39, 0.29) is 5.91 Å². The van der Waals surface area contributed by atoms with E-state index in [4.69, 9.17) is 0 Å². The molecule has 0 fully saturated rings. The Labute approximate surface area is 155 Å². The normalized spacial score (nSPS) is 13.1. The van der Waals surface area contributed by atoms with Crippen LogP contribution < -0.4 is 5.32 Å². The first-order valence-electron chi connectivity index (χ1n) is 9.02. The fourth-order valence-corrected chi connectivity index (χ4v) is 2.63. The Balaban J connectivity index is 0.000000570. The van der Waals surface area contributed by atoms with Crippen LogP contribution in [0.25, 0.3) is 22.8 Å². The van der Waals surface area contributed by atoms with Crippen LogP contribution in [0, 0.1) is 0 Å². The summed E-state index contributed by atoms with van der Waals surface area (Å²) < 4.78 is 0. The quantitative estimate of drug-likeness (QED) is 0.591. The van der Waals surface area contributed by atoms with Gasteiger partial charge in [0.2, 0.25) is 0 Å². The molecule has 0 saturated carbocycles. The van der Waals surface area contributed by atoms with E-state index in [0.29, 0.717) is 5.57 Å². The SMILES string of the molecule is CC.CC.O=C1Nc2ccc(-c3cccnc3)cc2/C1=C/c1ccc[nH]1. The van der Waals surface area contributed by atoms with Crippen molar-refractivity contribution in [3.05, 3.63) is 72.3 Å². The van der Waals surface area contributed by atoms with Crippen LogP contribution in [0.4, 0.5) is 5.69 Å². The second kappa shape index (κ2) is 9.37. The van der Waals surface area contributed by atoms with Crippen molar-refractivity contribution < 1.29 is 4.79 Å². The number of aromatic amines is 1. The summed E-state index contributed by atoms with van der Waals surface area (Å²) >= 11 is 0. The number of nitrogens with zero attached hydrogens (tertiary/aromatic N) is 1. The second-order valence-corrected chi connectivity index (χ2v) is 5.14. The molecule has 1 aliphatic heterocycles. The van der Waals surface area contributed by atoms with Crippen molar-refractivity contribution in [2.24, 2.45) is 0 Å². The summed E-state index contributed by atoms with van der Waals surface area (Å²) in [5, 5.41) is 2.90. The molecule has 2 aromatic heterocycles. The van der Waals surface area contributed by atoms with Gasteiger partial charge in [-0.1, -0.05) is 39.8 Å². The van der Waals surface area contributed by atoms with Gasteiger partial charge in [-0.05, 0) is 42.0 Å². The smallest absolute Gasteiger partial charge is 0.256 e. The lowest BCUT2D eigenvalue weighted by atomic mass is 10.00. The Bertz CT molecular complexity index is 866. The monoisotopic (exact) mass is 347 g/mol. The second-order valence-electron chi connectivity index (χ2n) is 5.14. The molecule has 0 bridgehead atoms. The molecule has 1 amide bonds. The van der Waals surface area contributed by atoms with Gasteiger partial charge < -0.3 is 10.3 Å². The van der Waals surface area contributed by atoms with E-state index in [1.54, 1.807) is 6.20 Å². The number of benzene rings is 1. The minimum absolute atomic E-state index is 0.0760. The van der Waals surface area contributed by atoms with Gasteiger partial charge in [0.25, 0.3) is 5.91 Å². The zero-order valence-corrected chi connectivity index (χ0v) is 15.7. The van der Waals surface area contributed by atoms with E-state index >= 15 is 0 Å². The van der Waals surface area contributed by atoms with Crippen LogP contribution >= 0.6 is 0 Å². The maximum Gasteiger partial charge on any atom is 0.256 e. The molecule has 2 N–H and O–H groups in total. The predicted molar refractivity (Wildman–Crippen MR) is 110 cm³/mol. The Kier molecular flexibility index (Phi) is 6.92. The highest BCUT2D eigenvalue weighted by Crippen LogP contribution is 2.35. The zero-order chi connectivity index (χ0) is 18.9. The topological polar surface area (TPSA) is 57.8 Å². The standard InChI is InChI=1S/C18H13N3O.2C2H6/c22-18-16(10-14-4-2-8-20-14)15-9-12(5-6-17(15)21-18)13-3-1-7-19-11-13;2*1-2/h1-11,20H,(H,21,22);2*1-2H3/b16-10-;;. The summed E-state index contributed by atoms with van der Waals surface area (Å²) in [5.74, 6) is -0.0760. The summed E-state index contributed by atoms with van der Waals surface area (Å²) in [5.41, 5.74) is 5.41. The number of nitrogens with one attached hydrogen (secondary N) is 2. The van der Waals surface area contributed by atoms with E-state index < -0.39 is 0 Å². The Hall–Kier alpha value is -3.14. The molecule has 0 unspecified atom stereocenters. The molecule has 3 aromatic rings. The van der Waals surface area contributed by atoms with Gasteiger partial charge in [0.05, 0.1) is 5.57 Å². The molecule has 0 radical (unpaired) electrons. The molecule has 26 heavy (non-hydrogen) atoms. The molecular weight excluding hydrogens is 322 g/mol. The first-order chi connectivity index (χ1) is 12.8. The van der Waals surface area contributed by atoms with Crippen molar-refractivity contribution in [1.29, 1.82) is 0 Å². The Morgan fingerprint density at radius 3 is 2.42 bits per heavy atom. The van der Waals surface area contributed by atoms with Crippen molar-refractivity contribution in [3.8, 4) is 11.1 Å². The third-order valence-corrected chi connectivity index (χ3v) is 3.72. The summed E-state index contributed by atoms with van der Waals surface area (Å²) in [4.78, 5) is 19.4. The Morgan fingerprint density at radius 1 is 0.962 bits per heavy atom. The lowest BCUT2D eigenvalue weighted by Gasteiger charge is -2.04. The number of carbonyl (C=O) groups excluding carboxylic acids is 1. The number of hydrogen-bond acceptors (Lipinski definition) is 2. The molecule has 0 aliphatic carbocycles. The number of anilines is 1. The Morgan fingerprint density at radius 2 is 1.77 bits per heavy atom. The number of carbonyl (C=O) groups is 1. The number of aromatic nitrogens is 2. The van der Waals surface area contributed by atoms with E-state index in [1.165, 1.54) is 0 Å². The van der Waals surface area contributed by atoms with Crippen molar-refractivity contribution in [1.82, 2.24) is 9.97 Å². The van der Waals surface area contributed by atoms with E-state index in [1.807, 2.05) is 88.6 Å². The highest BCUT2D eigenvalue weighted by Gasteiger charge is 2.24. The van der Waals surface area contributed by atoms with Crippen LogP contribution in [0.5, 0.6) is 0 Å². The molecule has 0 spiro atoms. The van der Waals surface area contributed by atoms with E-state index in [9.17, 15) is 4.79 Å². The van der Waals surface area contributed by atoms with E-state index in [0.717, 1.165) is 28.1 Å². The highest BCUT2D eigenvalue weighted by atomic mass is 16.2. The molecule has 1 aliphatic rings. The summed E-state index contributed by atoms with van der Waals surface area (Å²) in [6.45, 7) is 8.00. The average molecular weight is 347 g/mol. The number of amides is 1. The van der Waals surface area contributed by atoms with Crippen molar-refractivity contribution in [2.75, 3.05) is 5.32 Å². The molecule has 3 heterocycles. The number of hydrogen-bond donors (Lipinski definition) is 2. The third-order valence-electron chi connectivity index (χ3n) is 3.72. The minimum atomic E-state index is -0.0760. The van der Waals surface area contributed by atoms with Crippen LogP contribution in [0.2, 0.25) is 0 Å². The summed E-state index contributed by atoms with van der Waals surface area (Å²) in [7, 11) is 0. The van der Waals surface area contributed by atoms with Gasteiger partial charge in [-0.25, -0.2) is 0 Å². The molecule has 4 rings (SSSR count). The van der Waals surface area contributed by atoms with Crippen LogP contribution in [0.1, 0.15) is 39.0 Å². The predicted octanol–water partition coefficient (Wildman–Crippen LogP) is 5.62. The first kappa shape index (κ1) is 19.2. The average Bonchev–Trinajstić information content (AvgIpc) is 3.34. The zero-order valence-electron chi connectivity index (χ0n) is 15.7. The molecule has 134 valence electrons. The third kappa shape index (κ3) is 4.09. The first-order valence-corrected chi connectivity index (χ1v) is 9.02. The number of H-pyrrole nitrogens is 1. The van der Waals surface area contributed by atoms with Gasteiger partial charge in [-0.3, -0.25) is 9.78 Å². The van der Waals surface area contributed by atoms with Gasteiger partial charge in [0.1, 0.15) is 0 Å². The number of pyridine rings is 1. The largest absolute Gasteiger partial charge is 0.362 e. The maximum absolute atomic E-state index is 12.2. The number of rotatable bonds is 2. The molecular formula is C22H25N3O. The van der Waals surface area contributed by atoms with Crippen molar-refractivity contribution in [2.45, 2.75) is 27.7 Å². The molecule has 4 heteroatoms. The van der Waals surface area contributed by atoms with Gasteiger partial charge in [-0.15, -0.1) is 0 Å². The van der Waals surface area contributed by atoms with E-state index in [2.05, 4.69) is 15.3 Å². The van der Waals surface area contributed by atoms with Gasteiger partial charge in [0, 0.05) is 41.1 Å². The van der Waals surface area contributed by atoms with Crippen molar-refractivity contribution >= 4 is 23.2 Å². The maximum atomic E-state index is 12.2. The van der Waals surface area contributed by atoms with Crippen molar-refractivity contribution in [3.63, 3.8) is 0 Å². The summed E-state index contributed by atoms with van der Waals surface area (Å²) in [6, 6.07) is 13.7. The molecule has 0 saturated heterocycles. The number of fused-ring (bicyclic) bond motifs is 1. The highest BCUT2D eigenvalue weighted by molar-refractivity contribution is 6.35.